The topological polar surface area (TPSA) is 128 Å². The van der Waals surface area contributed by atoms with E-state index in [4.69, 9.17) is 11.0 Å². The number of nitrogens with zero attached hydrogens (tertiary/aromatic N) is 4. The van der Waals surface area contributed by atoms with Gasteiger partial charge in [0.25, 0.3) is 0 Å². The highest BCUT2D eigenvalue weighted by atomic mass is 19.1. The average Bonchev–Trinajstić information content (AvgIpc) is 2.66. The molecule has 2 atom stereocenters. The van der Waals surface area contributed by atoms with Gasteiger partial charge in [-0.25, -0.2) is 9.37 Å². The maximum atomic E-state index is 14.2. The number of rotatable bonds is 3. The Morgan fingerprint density at radius 3 is 2.70 bits per heavy atom. The number of benzene rings is 1. The van der Waals surface area contributed by atoms with Crippen LogP contribution in [0.15, 0.2) is 24.3 Å². The molecule has 0 bridgehead atoms. The molecule has 158 valence electrons. The van der Waals surface area contributed by atoms with Crippen LogP contribution in [-0.2, 0) is 0 Å². The van der Waals surface area contributed by atoms with Gasteiger partial charge in [0.15, 0.2) is 0 Å². The van der Waals surface area contributed by atoms with Crippen LogP contribution in [0.25, 0.3) is 11.3 Å². The minimum atomic E-state index is -1.30. The van der Waals surface area contributed by atoms with E-state index < -0.39 is 11.9 Å². The number of carbonyl (C=O) groups is 1. The first kappa shape index (κ1) is 21.5. The quantitative estimate of drug-likeness (QED) is 0.742. The third-order valence-corrected chi connectivity index (χ3v) is 5.78. The highest BCUT2D eigenvalue weighted by Crippen LogP contribution is 2.38. The number of nitrogen functional groups attached to an aromatic ring is 1. The van der Waals surface area contributed by atoms with Crippen LogP contribution in [0.2, 0.25) is 0 Å². The van der Waals surface area contributed by atoms with E-state index in [-0.39, 0.29) is 23.1 Å². The lowest BCUT2D eigenvalue weighted by atomic mass is 9.92. The predicted octanol–water partition coefficient (Wildman–Crippen LogP) is 1.94. The first-order valence-electron chi connectivity index (χ1n) is 9.75. The van der Waals surface area contributed by atoms with E-state index in [0.717, 1.165) is 13.0 Å². The van der Waals surface area contributed by atoms with E-state index >= 15 is 0 Å². The van der Waals surface area contributed by atoms with E-state index in [0.29, 0.717) is 34.5 Å². The zero-order valence-electron chi connectivity index (χ0n) is 17.3. The average molecular weight is 412 g/mol. The molecule has 3 rings (SSSR count). The Hall–Kier alpha value is -3.25. The molecule has 2 heterocycles. The molecular formula is C21H25FN6O2. The molecule has 1 amide bonds. The maximum Gasteiger partial charge on any atom is 0.233 e. The minimum Gasteiger partial charge on any atom is -0.530 e. The lowest BCUT2D eigenvalue weighted by molar-refractivity contribution is -0.252. The summed E-state index contributed by atoms with van der Waals surface area (Å²) in [5.74, 6) is 0.0493. The fraction of sp³-hybridized carbons (Fsp3) is 0.429. The molecule has 1 aromatic heterocycles. The van der Waals surface area contributed by atoms with Gasteiger partial charge in [0.1, 0.15) is 24.5 Å². The summed E-state index contributed by atoms with van der Waals surface area (Å²) in [5, 5.41) is 22.6. The smallest absolute Gasteiger partial charge is 0.233 e. The zero-order valence-corrected chi connectivity index (χ0v) is 17.3. The molecule has 1 aliphatic rings. The van der Waals surface area contributed by atoms with Gasteiger partial charge >= 0.3 is 0 Å². The van der Waals surface area contributed by atoms with Crippen molar-refractivity contribution in [3.05, 3.63) is 35.6 Å². The fourth-order valence-corrected chi connectivity index (χ4v) is 4.20. The van der Waals surface area contributed by atoms with Crippen molar-refractivity contribution >= 4 is 17.9 Å². The van der Waals surface area contributed by atoms with Gasteiger partial charge in [0, 0.05) is 11.6 Å². The van der Waals surface area contributed by atoms with Crippen LogP contribution in [0.1, 0.15) is 39.2 Å². The number of nitriles is 1. The number of aromatic nitrogens is 2. The molecule has 9 heteroatoms. The van der Waals surface area contributed by atoms with Gasteiger partial charge in [0.2, 0.25) is 11.8 Å². The Balaban J connectivity index is 2.11. The molecule has 3 N–H and O–H groups in total. The normalized spacial score (nSPS) is 21.6. The fourth-order valence-electron chi connectivity index (χ4n) is 4.20. The number of likely N-dealkylation sites (tertiary alicyclic amines) is 1. The van der Waals surface area contributed by atoms with Crippen LogP contribution < -0.4 is 20.6 Å². The minimum absolute atomic E-state index is 0.0454. The summed E-state index contributed by atoms with van der Waals surface area (Å²) in [6.07, 6.45) is 0.190. The third kappa shape index (κ3) is 4.04. The number of carbonyl (C=O) groups excluding carboxylic acids is 1. The summed E-state index contributed by atoms with van der Waals surface area (Å²) in [6.45, 7) is 7.41. The molecule has 1 fully saturated rings. The van der Waals surface area contributed by atoms with E-state index in [9.17, 15) is 14.3 Å². The van der Waals surface area contributed by atoms with E-state index in [2.05, 4.69) is 36.1 Å². The Labute approximate surface area is 174 Å². The Morgan fingerprint density at radius 2 is 2.10 bits per heavy atom. The monoisotopic (exact) mass is 412 g/mol. The SMILES string of the molecule is CC(C)(C)[N+]1(c2cc(-c3ccc(C#N)c(F)c3)nc(N)n2)CCC[C@H](NC(=O)[O-])C1. The number of hydrogen-bond donors (Lipinski definition) is 2. The van der Waals surface area contributed by atoms with Crippen LogP contribution in [0, 0.1) is 17.1 Å². The number of quaternary nitrogens is 1. The number of nitrogens with two attached hydrogens (primary N) is 1. The molecule has 0 aliphatic carbocycles. The largest absolute Gasteiger partial charge is 0.530 e. The molecule has 0 saturated carbocycles. The molecule has 1 saturated heterocycles. The van der Waals surface area contributed by atoms with Crippen LogP contribution in [0.3, 0.4) is 0 Å². The molecule has 0 spiro atoms. The standard InChI is InChI=1S/C21H25FN6O2/c1-21(2,3)28(8-4-5-15(12-28)25-20(29)30)18-10-17(26-19(24)27-18)13-6-7-14(11-23)16(22)9-13/h6-7,9-10,15,25H,4-5,8,12H2,1-3H3,(H2-,24,26,27,29,30)/t15-,28?/m0/s1. The Morgan fingerprint density at radius 1 is 1.37 bits per heavy atom. The van der Waals surface area contributed by atoms with Gasteiger partial charge in [-0.15, -0.1) is 0 Å². The first-order valence-corrected chi connectivity index (χ1v) is 9.75. The maximum absolute atomic E-state index is 14.2. The van der Waals surface area contributed by atoms with Gasteiger partial charge in [-0.3, -0.25) is 4.48 Å². The molecule has 2 aromatic rings. The summed E-state index contributed by atoms with van der Waals surface area (Å²) in [5.41, 5.74) is 6.57. The Bertz CT molecular complexity index is 1010. The number of anilines is 1. The lowest BCUT2D eigenvalue weighted by Crippen LogP contribution is -2.69. The second-order valence-corrected chi connectivity index (χ2v) is 8.59. The number of amides is 1. The molecule has 30 heavy (non-hydrogen) atoms. The highest BCUT2D eigenvalue weighted by molar-refractivity contribution is 5.65. The van der Waals surface area contributed by atoms with Crippen molar-refractivity contribution < 1.29 is 14.3 Å². The second-order valence-electron chi connectivity index (χ2n) is 8.59. The van der Waals surface area contributed by atoms with Gasteiger partial charge in [-0.1, -0.05) is 6.07 Å². The first-order chi connectivity index (χ1) is 14.1. The summed E-state index contributed by atoms with van der Waals surface area (Å²) < 4.78 is 14.5. The van der Waals surface area contributed by atoms with Crippen LogP contribution in [0.4, 0.5) is 21.0 Å². The summed E-state index contributed by atoms with van der Waals surface area (Å²) in [6, 6.07) is 7.55. The van der Waals surface area contributed by atoms with Crippen LogP contribution >= 0.6 is 0 Å². The summed E-state index contributed by atoms with van der Waals surface area (Å²) in [7, 11) is 0. The van der Waals surface area contributed by atoms with Crippen molar-refractivity contribution in [1.29, 1.82) is 5.26 Å². The molecule has 0 radical (unpaired) electrons. The van der Waals surface area contributed by atoms with E-state index in [1.54, 1.807) is 18.2 Å². The predicted molar refractivity (Wildman–Crippen MR) is 109 cm³/mol. The van der Waals surface area contributed by atoms with Gasteiger partial charge in [-0.2, -0.15) is 10.2 Å². The van der Waals surface area contributed by atoms with E-state index in [1.807, 2.05) is 0 Å². The molecule has 1 aromatic carbocycles. The highest BCUT2D eigenvalue weighted by Gasteiger charge is 2.47. The van der Waals surface area contributed by atoms with Crippen molar-refractivity contribution in [2.75, 3.05) is 18.8 Å². The number of piperidine rings is 1. The lowest BCUT2D eigenvalue weighted by Gasteiger charge is -2.51. The van der Waals surface area contributed by atoms with Gasteiger partial charge in [0.05, 0.1) is 29.4 Å². The van der Waals surface area contributed by atoms with Crippen molar-refractivity contribution in [2.45, 2.75) is 45.2 Å². The van der Waals surface area contributed by atoms with Crippen molar-refractivity contribution in [1.82, 2.24) is 19.8 Å². The van der Waals surface area contributed by atoms with Crippen molar-refractivity contribution in [3.8, 4) is 17.3 Å². The van der Waals surface area contributed by atoms with Gasteiger partial charge < -0.3 is 21.0 Å². The van der Waals surface area contributed by atoms with Gasteiger partial charge in [-0.05, 0) is 45.7 Å². The molecule has 1 aliphatic heterocycles. The number of carboxylic acid groups (broad SMARTS) is 1. The zero-order chi connectivity index (χ0) is 22.1. The second kappa shape index (κ2) is 7.88. The van der Waals surface area contributed by atoms with Crippen molar-refractivity contribution in [2.24, 2.45) is 0 Å². The number of halogens is 1. The molecule has 8 nitrogen and oxygen atoms in total. The summed E-state index contributed by atoms with van der Waals surface area (Å²) >= 11 is 0. The molecular weight excluding hydrogens is 387 g/mol. The Kier molecular flexibility index (Phi) is 5.63. The van der Waals surface area contributed by atoms with Crippen molar-refractivity contribution in [3.63, 3.8) is 0 Å². The summed E-state index contributed by atoms with van der Waals surface area (Å²) in [4.78, 5) is 19.9. The van der Waals surface area contributed by atoms with E-state index in [1.165, 1.54) is 12.1 Å². The van der Waals surface area contributed by atoms with Crippen LogP contribution in [-0.4, -0.2) is 40.7 Å². The van der Waals surface area contributed by atoms with Crippen LogP contribution in [0.5, 0.6) is 0 Å². The number of hydrogen-bond acceptors (Lipinski definition) is 6. The third-order valence-electron chi connectivity index (χ3n) is 5.78. The number of nitrogens with one attached hydrogen (secondary N) is 1. The molecule has 1 unspecified atom stereocenters.